The number of fused-ring (bicyclic) bond motifs is 2. The molecule has 0 bridgehead atoms. The molecule has 2 aromatic carbocycles. The molecule has 2 heterocycles. The van der Waals surface area contributed by atoms with Crippen molar-refractivity contribution in [1.82, 2.24) is 0 Å². The molecule has 20 heavy (non-hydrogen) atoms. The predicted octanol–water partition coefficient (Wildman–Crippen LogP) is 6.42. The standard InChI is InChI=1S/2C9H8S/c1-7-2-3-8-4-5-10-9(8)6-7;1-7-3-2-4-9-8(7)5-6-10-9/h2*2-6H,1H3. The molecule has 0 N–H and O–H groups in total. The van der Waals surface area contributed by atoms with Crippen LogP contribution in [-0.4, -0.2) is 0 Å². The quantitative estimate of drug-likeness (QED) is 0.351. The molecule has 2 aromatic heterocycles. The van der Waals surface area contributed by atoms with Crippen molar-refractivity contribution in [2.24, 2.45) is 0 Å². The number of hydrogen-bond donors (Lipinski definition) is 0. The lowest BCUT2D eigenvalue weighted by molar-refractivity contribution is 1.52. The fourth-order valence-electron chi connectivity index (χ4n) is 2.21. The Morgan fingerprint density at radius 2 is 1.55 bits per heavy atom. The van der Waals surface area contributed by atoms with Crippen molar-refractivity contribution in [2.75, 3.05) is 0 Å². The van der Waals surface area contributed by atoms with Gasteiger partial charge in [-0.3, -0.25) is 0 Å². The highest BCUT2D eigenvalue weighted by molar-refractivity contribution is 7.17. The Labute approximate surface area is 127 Å². The van der Waals surface area contributed by atoms with E-state index >= 15 is 0 Å². The summed E-state index contributed by atoms with van der Waals surface area (Å²) in [5.41, 5.74) is 2.72. The topological polar surface area (TPSA) is 0 Å². The summed E-state index contributed by atoms with van der Waals surface area (Å²) < 4.78 is 2.78. The molecule has 0 atom stereocenters. The van der Waals surface area contributed by atoms with E-state index in [1.54, 1.807) is 22.7 Å². The third kappa shape index (κ3) is 2.77. The molecule has 0 saturated carbocycles. The second kappa shape index (κ2) is 5.78. The molecule has 4 rings (SSSR count). The van der Waals surface area contributed by atoms with Crippen molar-refractivity contribution in [1.29, 1.82) is 0 Å². The molecule has 0 amide bonds. The monoisotopic (exact) mass is 296 g/mol. The van der Waals surface area contributed by atoms with Gasteiger partial charge in [0, 0.05) is 9.40 Å². The minimum absolute atomic E-state index is 1.34. The van der Waals surface area contributed by atoms with E-state index in [2.05, 4.69) is 73.1 Å². The lowest BCUT2D eigenvalue weighted by Crippen LogP contribution is -1.68. The third-order valence-corrected chi connectivity index (χ3v) is 5.09. The Bertz CT molecular complexity index is 836. The summed E-state index contributed by atoms with van der Waals surface area (Å²) in [6.45, 7) is 4.27. The Kier molecular flexibility index (Phi) is 3.86. The van der Waals surface area contributed by atoms with E-state index in [1.807, 2.05) is 0 Å². The molecular weight excluding hydrogens is 280 g/mol. The molecule has 0 aliphatic rings. The first kappa shape index (κ1) is 13.3. The fraction of sp³-hybridized carbons (Fsp3) is 0.111. The number of aryl methyl sites for hydroxylation is 2. The average molecular weight is 296 g/mol. The molecule has 0 saturated heterocycles. The Morgan fingerprint density at radius 1 is 0.750 bits per heavy atom. The number of rotatable bonds is 0. The highest BCUT2D eigenvalue weighted by Gasteiger charge is 1.94. The summed E-state index contributed by atoms with van der Waals surface area (Å²) in [5.74, 6) is 0. The average Bonchev–Trinajstić information content (AvgIpc) is 3.07. The van der Waals surface area contributed by atoms with Gasteiger partial charge in [-0.1, -0.05) is 24.3 Å². The lowest BCUT2D eigenvalue weighted by Gasteiger charge is -1.91. The van der Waals surface area contributed by atoms with Crippen molar-refractivity contribution < 1.29 is 0 Å². The molecule has 0 aliphatic heterocycles. The van der Waals surface area contributed by atoms with Crippen LogP contribution in [0.1, 0.15) is 11.1 Å². The maximum absolute atomic E-state index is 2.22. The summed E-state index contributed by atoms with van der Waals surface area (Å²) in [6, 6.07) is 17.3. The van der Waals surface area contributed by atoms with E-state index in [-0.39, 0.29) is 0 Å². The van der Waals surface area contributed by atoms with Gasteiger partial charge in [0.05, 0.1) is 0 Å². The number of benzene rings is 2. The minimum Gasteiger partial charge on any atom is -0.144 e. The first-order chi connectivity index (χ1) is 9.74. The van der Waals surface area contributed by atoms with Crippen molar-refractivity contribution in [3.63, 3.8) is 0 Å². The number of hydrogen-bond acceptors (Lipinski definition) is 2. The molecule has 100 valence electrons. The number of thiophene rings is 2. The zero-order valence-corrected chi connectivity index (χ0v) is 13.2. The van der Waals surface area contributed by atoms with Crippen LogP contribution in [0.25, 0.3) is 20.2 Å². The van der Waals surface area contributed by atoms with E-state index in [4.69, 9.17) is 0 Å². The van der Waals surface area contributed by atoms with Crippen LogP contribution in [0.4, 0.5) is 0 Å². The zero-order valence-electron chi connectivity index (χ0n) is 11.6. The van der Waals surface area contributed by atoms with Crippen LogP contribution >= 0.6 is 22.7 Å². The van der Waals surface area contributed by atoms with Gasteiger partial charge in [0.1, 0.15) is 0 Å². The second-order valence-corrected chi connectivity index (χ2v) is 6.76. The fourth-order valence-corrected chi connectivity index (χ4v) is 3.96. The predicted molar refractivity (Wildman–Crippen MR) is 93.1 cm³/mol. The highest BCUT2D eigenvalue weighted by Crippen LogP contribution is 2.23. The van der Waals surface area contributed by atoms with Gasteiger partial charge < -0.3 is 0 Å². The molecular formula is C18H16S2. The highest BCUT2D eigenvalue weighted by atomic mass is 32.1. The molecule has 0 spiro atoms. The van der Waals surface area contributed by atoms with Gasteiger partial charge in [0.15, 0.2) is 0 Å². The molecule has 0 aliphatic carbocycles. The van der Waals surface area contributed by atoms with E-state index in [0.29, 0.717) is 0 Å². The van der Waals surface area contributed by atoms with Gasteiger partial charge in [-0.15, -0.1) is 22.7 Å². The SMILES string of the molecule is Cc1ccc2ccsc2c1.Cc1cccc2sccc12. The largest absolute Gasteiger partial charge is 0.144 e. The van der Waals surface area contributed by atoms with Crippen LogP contribution in [0, 0.1) is 13.8 Å². The first-order valence-electron chi connectivity index (χ1n) is 6.61. The maximum atomic E-state index is 2.22. The van der Waals surface area contributed by atoms with Gasteiger partial charge in [-0.25, -0.2) is 0 Å². The van der Waals surface area contributed by atoms with Crippen molar-refractivity contribution in [3.05, 3.63) is 70.4 Å². The van der Waals surface area contributed by atoms with Gasteiger partial charge in [0.25, 0.3) is 0 Å². The first-order valence-corrected chi connectivity index (χ1v) is 8.37. The minimum atomic E-state index is 1.34. The van der Waals surface area contributed by atoms with Gasteiger partial charge in [0.2, 0.25) is 0 Å². The van der Waals surface area contributed by atoms with Crippen molar-refractivity contribution in [2.45, 2.75) is 13.8 Å². The van der Waals surface area contributed by atoms with E-state index in [1.165, 1.54) is 31.3 Å². The van der Waals surface area contributed by atoms with E-state index < -0.39 is 0 Å². The summed E-state index contributed by atoms with van der Waals surface area (Å²) in [4.78, 5) is 0. The molecule has 0 fully saturated rings. The second-order valence-electron chi connectivity index (χ2n) is 4.87. The Hall–Kier alpha value is -1.64. The van der Waals surface area contributed by atoms with Crippen LogP contribution in [-0.2, 0) is 0 Å². The Morgan fingerprint density at radius 3 is 2.40 bits per heavy atom. The smallest absolute Gasteiger partial charge is 0.0345 e. The summed E-state index contributed by atoms with van der Waals surface area (Å²) in [7, 11) is 0. The van der Waals surface area contributed by atoms with Crippen molar-refractivity contribution >= 4 is 42.8 Å². The van der Waals surface area contributed by atoms with Gasteiger partial charge in [-0.2, -0.15) is 0 Å². The van der Waals surface area contributed by atoms with Crippen LogP contribution < -0.4 is 0 Å². The zero-order chi connectivity index (χ0) is 13.9. The summed E-state index contributed by atoms with van der Waals surface area (Å²) in [5, 5.41) is 7.02. The molecule has 4 aromatic rings. The van der Waals surface area contributed by atoms with Crippen LogP contribution in [0.15, 0.2) is 59.3 Å². The van der Waals surface area contributed by atoms with Gasteiger partial charge >= 0.3 is 0 Å². The van der Waals surface area contributed by atoms with Crippen LogP contribution in [0.2, 0.25) is 0 Å². The third-order valence-electron chi connectivity index (χ3n) is 3.33. The van der Waals surface area contributed by atoms with Crippen LogP contribution in [0.5, 0.6) is 0 Å². The van der Waals surface area contributed by atoms with E-state index in [0.717, 1.165) is 0 Å². The van der Waals surface area contributed by atoms with Crippen molar-refractivity contribution in [3.8, 4) is 0 Å². The molecule has 0 nitrogen and oxygen atoms in total. The Balaban J connectivity index is 0.000000121. The summed E-state index contributed by atoms with van der Waals surface area (Å²) >= 11 is 3.60. The molecule has 2 heteroatoms. The normalized spacial score (nSPS) is 10.5. The molecule has 0 unspecified atom stereocenters. The van der Waals surface area contributed by atoms with E-state index in [9.17, 15) is 0 Å². The van der Waals surface area contributed by atoms with Gasteiger partial charge in [-0.05, 0) is 70.8 Å². The lowest BCUT2D eigenvalue weighted by atomic mass is 10.2. The van der Waals surface area contributed by atoms with Crippen LogP contribution in [0.3, 0.4) is 0 Å². The summed E-state index contributed by atoms with van der Waals surface area (Å²) in [6.07, 6.45) is 0. The maximum Gasteiger partial charge on any atom is 0.0345 e. The molecule has 0 radical (unpaired) electrons.